The number of methoxy groups -OCH3 is 1. The summed E-state index contributed by atoms with van der Waals surface area (Å²) in [6.45, 7) is 7.28. The maximum atomic E-state index is 6.02. The van der Waals surface area contributed by atoms with Gasteiger partial charge in [-0.1, -0.05) is 25.7 Å². The summed E-state index contributed by atoms with van der Waals surface area (Å²) < 4.78 is 11.1. The number of piperidine rings is 2. The SMILES string of the molecule is CN=C(NCC1(N2CCCCC2)CCCCC1)N1CCC(OCCCOC)CC1. The molecule has 0 aromatic rings. The Kier molecular flexibility index (Phi) is 9.53. The first kappa shape index (κ1) is 22.8. The molecule has 3 fully saturated rings. The van der Waals surface area contributed by atoms with Crippen molar-refractivity contribution in [3.63, 3.8) is 0 Å². The van der Waals surface area contributed by atoms with Gasteiger partial charge in [-0.2, -0.15) is 0 Å². The van der Waals surface area contributed by atoms with E-state index in [0.717, 1.165) is 58.1 Å². The van der Waals surface area contributed by atoms with Crippen LogP contribution in [0.3, 0.4) is 0 Å². The third kappa shape index (κ3) is 6.56. The van der Waals surface area contributed by atoms with E-state index in [-0.39, 0.29) is 0 Å². The molecule has 2 heterocycles. The number of guanidine groups is 1. The predicted octanol–water partition coefficient (Wildman–Crippen LogP) is 3.27. The number of nitrogens with zero attached hydrogens (tertiary/aromatic N) is 3. The number of rotatable bonds is 8. The maximum Gasteiger partial charge on any atom is 0.193 e. The van der Waals surface area contributed by atoms with Gasteiger partial charge in [0.1, 0.15) is 0 Å². The van der Waals surface area contributed by atoms with Crippen LogP contribution in [-0.4, -0.2) is 87.5 Å². The van der Waals surface area contributed by atoms with Gasteiger partial charge in [-0.25, -0.2) is 0 Å². The summed E-state index contributed by atoms with van der Waals surface area (Å²) in [7, 11) is 3.68. The molecule has 0 amide bonds. The Morgan fingerprint density at radius 3 is 2.31 bits per heavy atom. The molecule has 0 radical (unpaired) electrons. The molecular formula is C23H44N4O2. The smallest absolute Gasteiger partial charge is 0.193 e. The molecule has 2 aliphatic heterocycles. The van der Waals surface area contributed by atoms with Gasteiger partial charge in [0.05, 0.1) is 6.10 Å². The zero-order chi connectivity index (χ0) is 20.4. The number of hydrogen-bond acceptors (Lipinski definition) is 4. The molecule has 0 aromatic heterocycles. The number of aliphatic imine (C=N–C) groups is 1. The fraction of sp³-hybridized carbons (Fsp3) is 0.957. The molecule has 1 saturated carbocycles. The number of likely N-dealkylation sites (tertiary alicyclic amines) is 2. The fourth-order valence-electron chi connectivity index (χ4n) is 5.45. The summed E-state index contributed by atoms with van der Waals surface area (Å²) in [6, 6.07) is 0. The van der Waals surface area contributed by atoms with Crippen LogP contribution < -0.4 is 5.32 Å². The van der Waals surface area contributed by atoms with E-state index in [9.17, 15) is 0 Å². The highest BCUT2D eigenvalue weighted by Crippen LogP contribution is 2.35. The Labute approximate surface area is 178 Å². The van der Waals surface area contributed by atoms with Gasteiger partial charge in [-0.15, -0.1) is 0 Å². The van der Waals surface area contributed by atoms with E-state index in [0.29, 0.717) is 11.6 Å². The van der Waals surface area contributed by atoms with E-state index < -0.39 is 0 Å². The summed E-state index contributed by atoms with van der Waals surface area (Å²) >= 11 is 0. The Balaban J connectivity index is 1.47. The Bertz CT molecular complexity index is 479. The summed E-state index contributed by atoms with van der Waals surface area (Å²) in [6.07, 6.45) is 14.5. The average molecular weight is 409 g/mol. The van der Waals surface area contributed by atoms with Crippen molar-refractivity contribution in [3.8, 4) is 0 Å². The van der Waals surface area contributed by atoms with Crippen LogP contribution in [0.15, 0.2) is 4.99 Å². The minimum atomic E-state index is 0.345. The van der Waals surface area contributed by atoms with Crippen molar-refractivity contribution in [1.82, 2.24) is 15.1 Å². The summed E-state index contributed by atoms with van der Waals surface area (Å²) in [5.74, 6) is 1.09. The normalized spacial score (nSPS) is 24.6. The minimum absolute atomic E-state index is 0.345. The van der Waals surface area contributed by atoms with Gasteiger partial charge in [-0.3, -0.25) is 9.89 Å². The molecule has 29 heavy (non-hydrogen) atoms. The molecule has 168 valence electrons. The van der Waals surface area contributed by atoms with E-state index in [1.807, 2.05) is 7.05 Å². The minimum Gasteiger partial charge on any atom is -0.385 e. The van der Waals surface area contributed by atoms with Crippen molar-refractivity contribution in [1.29, 1.82) is 0 Å². The standard InChI is InChI=1S/C23H44N4O2/c1-24-22(26-16-10-21(11-17-26)29-19-9-18-28-2)25-20-23(12-5-3-6-13-23)27-14-7-4-8-15-27/h21H,3-20H2,1-2H3,(H,24,25). The molecule has 3 aliphatic rings. The molecule has 6 nitrogen and oxygen atoms in total. The van der Waals surface area contributed by atoms with Gasteiger partial charge in [0.25, 0.3) is 0 Å². The lowest BCUT2D eigenvalue weighted by Crippen LogP contribution is -2.59. The van der Waals surface area contributed by atoms with Crippen molar-refractivity contribution < 1.29 is 9.47 Å². The molecule has 0 aromatic carbocycles. The van der Waals surface area contributed by atoms with Crippen LogP contribution in [-0.2, 0) is 9.47 Å². The number of ether oxygens (including phenoxy) is 2. The van der Waals surface area contributed by atoms with Gasteiger partial charge in [0.15, 0.2) is 5.96 Å². The highest BCUT2D eigenvalue weighted by atomic mass is 16.5. The largest absolute Gasteiger partial charge is 0.385 e. The average Bonchev–Trinajstić information content (AvgIpc) is 2.79. The van der Waals surface area contributed by atoms with E-state index in [1.54, 1.807) is 7.11 Å². The predicted molar refractivity (Wildman–Crippen MR) is 120 cm³/mol. The molecule has 1 aliphatic carbocycles. The molecule has 0 unspecified atom stereocenters. The topological polar surface area (TPSA) is 49.3 Å². The van der Waals surface area contributed by atoms with Gasteiger partial charge < -0.3 is 19.7 Å². The Morgan fingerprint density at radius 1 is 0.966 bits per heavy atom. The van der Waals surface area contributed by atoms with Crippen LogP contribution in [0.1, 0.15) is 70.6 Å². The van der Waals surface area contributed by atoms with Gasteiger partial charge in [-0.05, 0) is 58.0 Å². The third-order valence-electron chi connectivity index (χ3n) is 7.19. The van der Waals surface area contributed by atoms with Gasteiger partial charge in [0, 0.05) is 52.5 Å². The van der Waals surface area contributed by atoms with Crippen LogP contribution in [0.25, 0.3) is 0 Å². The van der Waals surface area contributed by atoms with Crippen LogP contribution in [0.2, 0.25) is 0 Å². The molecule has 3 rings (SSSR count). The van der Waals surface area contributed by atoms with Crippen LogP contribution in [0, 0.1) is 0 Å². The third-order valence-corrected chi connectivity index (χ3v) is 7.19. The summed E-state index contributed by atoms with van der Waals surface area (Å²) in [4.78, 5) is 9.89. The second-order valence-electron chi connectivity index (χ2n) is 9.14. The molecule has 0 spiro atoms. The zero-order valence-corrected chi connectivity index (χ0v) is 19.0. The highest BCUT2D eigenvalue weighted by Gasteiger charge is 2.38. The highest BCUT2D eigenvalue weighted by molar-refractivity contribution is 5.80. The molecule has 6 heteroatoms. The Morgan fingerprint density at radius 2 is 1.66 bits per heavy atom. The summed E-state index contributed by atoms with van der Waals surface area (Å²) in [5.41, 5.74) is 0.345. The second-order valence-corrected chi connectivity index (χ2v) is 9.14. The molecule has 0 atom stereocenters. The first-order valence-corrected chi connectivity index (χ1v) is 12.1. The van der Waals surface area contributed by atoms with Crippen molar-refractivity contribution >= 4 is 5.96 Å². The summed E-state index contributed by atoms with van der Waals surface area (Å²) in [5, 5.41) is 3.80. The molecule has 0 bridgehead atoms. The molecular weight excluding hydrogens is 364 g/mol. The quantitative estimate of drug-likeness (QED) is 0.379. The van der Waals surface area contributed by atoms with E-state index in [4.69, 9.17) is 9.47 Å². The van der Waals surface area contributed by atoms with Crippen molar-refractivity contribution in [2.24, 2.45) is 4.99 Å². The number of hydrogen-bond donors (Lipinski definition) is 1. The van der Waals surface area contributed by atoms with Crippen molar-refractivity contribution in [2.45, 2.75) is 82.3 Å². The molecule has 2 saturated heterocycles. The van der Waals surface area contributed by atoms with E-state index in [1.165, 1.54) is 64.5 Å². The van der Waals surface area contributed by atoms with Crippen LogP contribution in [0.5, 0.6) is 0 Å². The van der Waals surface area contributed by atoms with Gasteiger partial charge in [0.2, 0.25) is 0 Å². The molecule has 1 N–H and O–H groups in total. The maximum absolute atomic E-state index is 6.02. The monoisotopic (exact) mass is 408 g/mol. The van der Waals surface area contributed by atoms with E-state index >= 15 is 0 Å². The van der Waals surface area contributed by atoms with E-state index in [2.05, 4.69) is 20.1 Å². The van der Waals surface area contributed by atoms with Crippen molar-refractivity contribution in [3.05, 3.63) is 0 Å². The lowest BCUT2D eigenvalue weighted by atomic mass is 9.79. The first-order chi connectivity index (χ1) is 14.3. The lowest BCUT2D eigenvalue weighted by Gasteiger charge is -2.49. The first-order valence-electron chi connectivity index (χ1n) is 12.1. The Hall–Kier alpha value is -0.850. The number of nitrogens with one attached hydrogen (secondary N) is 1. The van der Waals surface area contributed by atoms with Crippen LogP contribution >= 0.6 is 0 Å². The zero-order valence-electron chi connectivity index (χ0n) is 19.0. The van der Waals surface area contributed by atoms with Crippen LogP contribution in [0.4, 0.5) is 0 Å². The second kappa shape index (κ2) is 12.1. The van der Waals surface area contributed by atoms with Gasteiger partial charge >= 0.3 is 0 Å². The fourth-order valence-corrected chi connectivity index (χ4v) is 5.45. The van der Waals surface area contributed by atoms with Crippen molar-refractivity contribution in [2.75, 3.05) is 60.1 Å². The lowest BCUT2D eigenvalue weighted by molar-refractivity contribution is 0.00920.